The van der Waals surface area contributed by atoms with Gasteiger partial charge in [-0.05, 0) is 61.1 Å². The van der Waals surface area contributed by atoms with Crippen LogP contribution in [0.4, 0.5) is 5.00 Å². The van der Waals surface area contributed by atoms with Gasteiger partial charge in [0, 0.05) is 16.0 Å². The number of thiophene rings is 1. The minimum atomic E-state index is -0.424. The largest absolute Gasteiger partial charge is 0.497 e. The van der Waals surface area contributed by atoms with Crippen LogP contribution in [0.25, 0.3) is 11.1 Å². The summed E-state index contributed by atoms with van der Waals surface area (Å²) in [5.74, 6) is 0.427. The van der Waals surface area contributed by atoms with Crippen molar-refractivity contribution in [2.24, 2.45) is 0 Å². The first kappa shape index (κ1) is 24.5. The molecule has 3 aromatic rings. The topological polar surface area (TPSA) is 64.6 Å². The fourth-order valence-electron chi connectivity index (χ4n) is 3.57. The standard InChI is InChI=1S/C27H31NO4S/c1-6-16-32-27(30)24-23(20-10-8-19(9-11-20)17(3)7-2)18(4)33-26(24)28-25(29)21-12-14-22(31-5)15-13-21/h8-15,17H,6-7,16H2,1-5H3,(H,28,29)/t17-/m1/s1. The molecular weight excluding hydrogens is 434 g/mol. The minimum Gasteiger partial charge on any atom is -0.497 e. The number of benzene rings is 2. The summed E-state index contributed by atoms with van der Waals surface area (Å²) < 4.78 is 10.7. The van der Waals surface area contributed by atoms with Crippen LogP contribution in [0, 0.1) is 6.92 Å². The number of nitrogens with one attached hydrogen (secondary N) is 1. The van der Waals surface area contributed by atoms with E-state index in [0.717, 1.165) is 28.8 Å². The highest BCUT2D eigenvalue weighted by Gasteiger charge is 2.26. The molecule has 174 valence electrons. The van der Waals surface area contributed by atoms with E-state index in [0.29, 0.717) is 34.4 Å². The number of hydrogen-bond donors (Lipinski definition) is 1. The molecule has 0 saturated carbocycles. The number of amides is 1. The molecule has 0 aliphatic heterocycles. The summed E-state index contributed by atoms with van der Waals surface area (Å²) in [4.78, 5) is 26.9. The highest BCUT2D eigenvalue weighted by atomic mass is 32.1. The molecule has 2 aromatic carbocycles. The van der Waals surface area contributed by atoms with Crippen LogP contribution in [-0.2, 0) is 4.74 Å². The summed E-state index contributed by atoms with van der Waals surface area (Å²) >= 11 is 1.39. The van der Waals surface area contributed by atoms with E-state index in [1.165, 1.54) is 16.9 Å². The molecule has 1 amide bonds. The van der Waals surface area contributed by atoms with Crippen LogP contribution in [0.2, 0.25) is 0 Å². The van der Waals surface area contributed by atoms with Crippen molar-refractivity contribution >= 4 is 28.2 Å². The van der Waals surface area contributed by atoms with Crippen LogP contribution in [0.3, 0.4) is 0 Å². The highest BCUT2D eigenvalue weighted by Crippen LogP contribution is 2.41. The third-order valence-corrected chi connectivity index (χ3v) is 6.71. The Bertz CT molecular complexity index is 1100. The van der Waals surface area contributed by atoms with Crippen LogP contribution in [0.15, 0.2) is 48.5 Å². The van der Waals surface area contributed by atoms with Crippen molar-refractivity contribution < 1.29 is 19.1 Å². The molecule has 3 rings (SSSR count). The number of carbonyl (C=O) groups excluding carboxylic acids is 2. The van der Waals surface area contributed by atoms with Crippen molar-refractivity contribution in [3.63, 3.8) is 0 Å². The minimum absolute atomic E-state index is 0.290. The second-order valence-corrected chi connectivity index (χ2v) is 9.21. The molecular formula is C27H31NO4S. The highest BCUT2D eigenvalue weighted by molar-refractivity contribution is 7.17. The van der Waals surface area contributed by atoms with Gasteiger partial charge in [0.25, 0.3) is 5.91 Å². The Hall–Kier alpha value is -3.12. The van der Waals surface area contributed by atoms with E-state index in [1.807, 2.05) is 26.0 Å². The third-order valence-electron chi connectivity index (χ3n) is 5.69. The van der Waals surface area contributed by atoms with Crippen LogP contribution in [-0.4, -0.2) is 25.6 Å². The molecule has 1 heterocycles. The number of carbonyl (C=O) groups is 2. The fraction of sp³-hybridized carbons (Fsp3) is 0.333. The predicted molar refractivity (Wildman–Crippen MR) is 135 cm³/mol. The normalized spacial score (nSPS) is 11.7. The van der Waals surface area contributed by atoms with Gasteiger partial charge in [-0.3, -0.25) is 4.79 Å². The van der Waals surface area contributed by atoms with Crippen molar-refractivity contribution in [3.05, 3.63) is 70.1 Å². The first-order chi connectivity index (χ1) is 15.9. The molecule has 1 atom stereocenters. The van der Waals surface area contributed by atoms with E-state index >= 15 is 0 Å². The summed E-state index contributed by atoms with van der Waals surface area (Å²) in [7, 11) is 1.58. The van der Waals surface area contributed by atoms with Gasteiger partial charge in [0.2, 0.25) is 0 Å². The van der Waals surface area contributed by atoms with E-state index in [1.54, 1.807) is 31.4 Å². The molecule has 0 saturated heterocycles. The number of esters is 1. The Morgan fingerprint density at radius 2 is 1.70 bits per heavy atom. The molecule has 0 fully saturated rings. The maximum Gasteiger partial charge on any atom is 0.341 e. The number of hydrogen-bond acceptors (Lipinski definition) is 5. The zero-order chi connectivity index (χ0) is 24.0. The summed E-state index contributed by atoms with van der Waals surface area (Å²) in [6.45, 7) is 8.60. The maximum atomic E-state index is 13.1. The predicted octanol–water partition coefficient (Wildman–Crippen LogP) is 7.06. The van der Waals surface area contributed by atoms with Crippen LogP contribution >= 0.6 is 11.3 Å². The maximum absolute atomic E-state index is 13.1. The van der Waals surface area contributed by atoms with Gasteiger partial charge in [-0.15, -0.1) is 11.3 Å². The quantitative estimate of drug-likeness (QED) is 0.343. The average molecular weight is 466 g/mol. The molecule has 0 unspecified atom stereocenters. The Morgan fingerprint density at radius 1 is 1.03 bits per heavy atom. The van der Waals surface area contributed by atoms with E-state index in [2.05, 4.69) is 31.3 Å². The molecule has 1 N–H and O–H groups in total. The van der Waals surface area contributed by atoms with E-state index in [4.69, 9.17) is 9.47 Å². The molecule has 1 aromatic heterocycles. The number of aryl methyl sites for hydroxylation is 1. The smallest absolute Gasteiger partial charge is 0.341 e. The lowest BCUT2D eigenvalue weighted by Crippen LogP contribution is -2.15. The van der Waals surface area contributed by atoms with Gasteiger partial charge < -0.3 is 14.8 Å². The SMILES string of the molecule is CCCOC(=O)c1c(NC(=O)c2ccc(OC)cc2)sc(C)c1-c1ccc([C@H](C)CC)cc1. The van der Waals surface area contributed by atoms with E-state index in [9.17, 15) is 9.59 Å². The van der Waals surface area contributed by atoms with Gasteiger partial charge in [0.05, 0.1) is 13.7 Å². The molecule has 5 nitrogen and oxygen atoms in total. The molecule has 0 radical (unpaired) electrons. The average Bonchev–Trinajstić information content (AvgIpc) is 3.17. The Labute approximate surface area is 199 Å². The van der Waals surface area contributed by atoms with E-state index in [-0.39, 0.29) is 5.91 Å². The molecule has 0 aliphatic rings. The van der Waals surface area contributed by atoms with Gasteiger partial charge in [0.15, 0.2) is 0 Å². The zero-order valence-electron chi connectivity index (χ0n) is 19.9. The fourth-order valence-corrected chi connectivity index (χ4v) is 4.63. The molecule has 0 bridgehead atoms. The summed E-state index contributed by atoms with van der Waals surface area (Å²) in [6, 6.07) is 15.2. The lowest BCUT2D eigenvalue weighted by atomic mass is 9.94. The number of ether oxygens (including phenoxy) is 2. The zero-order valence-corrected chi connectivity index (χ0v) is 20.7. The van der Waals surface area contributed by atoms with Crippen molar-refractivity contribution in [3.8, 4) is 16.9 Å². The summed E-state index contributed by atoms with van der Waals surface area (Å²) in [5, 5.41) is 3.43. The Balaban J connectivity index is 1.99. The van der Waals surface area contributed by atoms with Crippen molar-refractivity contribution in [1.29, 1.82) is 0 Å². The van der Waals surface area contributed by atoms with Gasteiger partial charge in [-0.2, -0.15) is 0 Å². The molecule has 6 heteroatoms. The van der Waals surface area contributed by atoms with Crippen LogP contribution in [0.1, 0.15) is 70.7 Å². The first-order valence-corrected chi connectivity index (χ1v) is 12.1. The lowest BCUT2D eigenvalue weighted by Gasteiger charge is -2.12. The first-order valence-electron chi connectivity index (χ1n) is 11.3. The number of anilines is 1. The van der Waals surface area contributed by atoms with Gasteiger partial charge >= 0.3 is 5.97 Å². The van der Waals surface area contributed by atoms with Crippen molar-refractivity contribution in [1.82, 2.24) is 0 Å². The number of rotatable bonds is 9. The van der Waals surface area contributed by atoms with E-state index < -0.39 is 5.97 Å². The molecule has 0 aliphatic carbocycles. The summed E-state index contributed by atoms with van der Waals surface area (Å²) in [6.07, 6.45) is 1.79. The molecule has 33 heavy (non-hydrogen) atoms. The third kappa shape index (κ3) is 5.63. The van der Waals surface area contributed by atoms with Gasteiger partial charge in [-0.1, -0.05) is 45.0 Å². The van der Waals surface area contributed by atoms with Crippen molar-refractivity contribution in [2.45, 2.75) is 46.5 Å². The van der Waals surface area contributed by atoms with Crippen molar-refractivity contribution in [2.75, 3.05) is 19.0 Å². The van der Waals surface area contributed by atoms with Gasteiger partial charge in [-0.25, -0.2) is 4.79 Å². The second kappa shape index (κ2) is 11.1. The molecule has 0 spiro atoms. The Kier molecular flexibility index (Phi) is 8.28. The lowest BCUT2D eigenvalue weighted by molar-refractivity contribution is 0.0507. The van der Waals surface area contributed by atoms with Crippen LogP contribution < -0.4 is 10.1 Å². The van der Waals surface area contributed by atoms with Crippen LogP contribution in [0.5, 0.6) is 5.75 Å². The Morgan fingerprint density at radius 3 is 2.27 bits per heavy atom. The number of methoxy groups -OCH3 is 1. The van der Waals surface area contributed by atoms with Gasteiger partial charge in [0.1, 0.15) is 16.3 Å². The summed E-state index contributed by atoms with van der Waals surface area (Å²) in [5.41, 5.74) is 3.89. The monoisotopic (exact) mass is 465 g/mol. The second-order valence-electron chi connectivity index (χ2n) is 7.99.